The van der Waals surface area contributed by atoms with E-state index in [1.807, 2.05) is 26.8 Å². The summed E-state index contributed by atoms with van der Waals surface area (Å²) in [4.78, 5) is 10.8. The number of carbonyl (C=O) groups is 1. The Kier molecular flexibility index (Phi) is 2.80. The van der Waals surface area contributed by atoms with Crippen molar-refractivity contribution in [2.45, 2.75) is 51.6 Å². The van der Waals surface area contributed by atoms with Crippen LogP contribution in [0, 0.1) is 5.92 Å². The maximum Gasteiger partial charge on any atom is 0.303 e. The monoisotopic (exact) mass is 226 g/mol. The van der Waals surface area contributed by atoms with Crippen molar-refractivity contribution in [1.29, 1.82) is 0 Å². The van der Waals surface area contributed by atoms with Gasteiger partial charge in [0.2, 0.25) is 0 Å². The van der Waals surface area contributed by atoms with Crippen LogP contribution in [-0.2, 0) is 14.3 Å². The highest BCUT2D eigenvalue weighted by Gasteiger charge is 2.50. The van der Waals surface area contributed by atoms with Crippen molar-refractivity contribution in [3.63, 3.8) is 0 Å². The number of hydrogen-bond donors (Lipinski definition) is 1. The van der Waals surface area contributed by atoms with E-state index < -0.39 is 11.8 Å². The fourth-order valence-electron chi connectivity index (χ4n) is 2.75. The van der Waals surface area contributed by atoms with Gasteiger partial charge in [0.1, 0.15) is 6.10 Å². The standard InChI is InChI=1S/C12H18O4/c1-4-8-7(6-10(13)14)5-9-11(8)16-12(2,3)15-9/h4,7,9,11H,5-6H2,1-3H3,(H,13,14)/b8-4+/t7-,9+,11-/m0/s1. The molecule has 4 heteroatoms. The molecule has 2 aliphatic rings. The third-order valence-corrected chi connectivity index (χ3v) is 3.25. The summed E-state index contributed by atoms with van der Waals surface area (Å²) in [5.41, 5.74) is 1.08. The van der Waals surface area contributed by atoms with Crippen molar-refractivity contribution >= 4 is 5.97 Å². The van der Waals surface area contributed by atoms with Crippen LogP contribution in [0.15, 0.2) is 11.6 Å². The normalized spacial score (nSPS) is 38.9. The summed E-state index contributed by atoms with van der Waals surface area (Å²) in [6.07, 6.45) is 2.86. The molecule has 0 spiro atoms. The smallest absolute Gasteiger partial charge is 0.303 e. The molecule has 0 amide bonds. The van der Waals surface area contributed by atoms with Gasteiger partial charge >= 0.3 is 5.97 Å². The molecule has 16 heavy (non-hydrogen) atoms. The van der Waals surface area contributed by atoms with Crippen LogP contribution in [0.5, 0.6) is 0 Å². The number of fused-ring (bicyclic) bond motifs is 1. The van der Waals surface area contributed by atoms with Gasteiger partial charge in [-0.2, -0.15) is 0 Å². The summed E-state index contributed by atoms with van der Waals surface area (Å²) in [6, 6.07) is 0. The highest BCUT2D eigenvalue weighted by Crippen LogP contribution is 2.45. The Bertz CT molecular complexity index is 332. The summed E-state index contributed by atoms with van der Waals surface area (Å²) in [5.74, 6) is -1.24. The van der Waals surface area contributed by atoms with Crippen LogP contribution >= 0.6 is 0 Å². The summed E-state index contributed by atoms with van der Waals surface area (Å²) in [5, 5.41) is 8.84. The van der Waals surface area contributed by atoms with Gasteiger partial charge in [-0.05, 0) is 38.7 Å². The fourth-order valence-corrected chi connectivity index (χ4v) is 2.75. The van der Waals surface area contributed by atoms with Crippen LogP contribution < -0.4 is 0 Å². The molecule has 0 radical (unpaired) electrons. The molecule has 2 fully saturated rings. The Hall–Kier alpha value is -0.870. The summed E-state index contributed by atoms with van der Waals surface area (Å²) in [6.45, 7) is 5.72. The maximum atomic E-state index is 10.8. The lowest BCUT2D eigenvalue weighted by Crippen LogP contribution is -2.24. The molecular formula is C12H18O4. The molecule has 0 aromatic heterocycles. The first-order chi connectivity index (χ1) is 7.43. The number of aliphatic carboxylic acids is 1. The second kappa shape index (κ2) is 3.86. The SMILES string of the molecule is C/C=C1\[C@H](CC(=O)O)C[C@H]2OC(C)(C)O[C@@H]12. The first-order valence-corrected chi connectivity index (χ1v) is 5.66. The molecule has 2 rings (SSSR count). The number of carboxylic acids is 1. The van der Waals surface area contributed by atoms with Crippen LogP contribution in [0.1, 0.15) is 33.6 Å². The zero-order valence-corrected chi connectivity index (χ0v) is 9.90. The number of allylic oxidation sites excluding steroid dienone is 1. The van der Waals surface area contributed by atoms with Gasteiger partial charge in [0.05, 0.1) is 12.5 Å². The lowest BCUT2D eigenvalue weighted by Gasteiger charge is -2.21. The second-order valence-corrected chi connectivity index (χ2v) is 4.91. The Morgan fingerprint density at radius 2 is 2.25 bits per heavy atom. The van der Waals surface area contributed by atoms with Gasteiger partial charge in [0.15, 0.2) is 5.79 Å². The van der Waals surface area contributed by atoms with Gasteiger partial charge in [0.25, 0.3) is 0 Å². The Labute approximate surface area is 95.2 Å². The van der Waals surface area contributed by atoms with Gasteiger partial charge in [0, 0.05) is 0 Å². The molecule has 1 saturated heterocycles. The topological polar surface area (TPSA) is 55.8 Å². The molecule has 1 heterocycles. The minimum Gasteiger partial charge on any atom is -0.481 e. The van der Waals surface area contributed by atoms with Crippen molar-refractivity contribution in [3.05, 3.63) is 11.6 Å². The average Bonchev–Trinajstić information content (AvgIpc) is 2.54. The Morgan fingerprint density at radius 1 is 1.56 bits per heavy atom. The van der Waals surface area contributed by atoms with Gasteiger partial charge < -0.3 is 14.6 Å². The fraction of sp³-hybridized carbons (Fsp3) is 0.750. The van der Waals surface area contributed by atoms with Gasteiger partial charge in [-0.15, -0.1) is 0 Å². The van der Waals surface area contributed by atoms with E-state index in [4.69, 9.17) is 14.6 Å². The molecule has 1 saturated carbocycles. The summed E-state index contributed by atoms with van der Waals surface area (Å²) in [7, 11) is 0. The van der Waals surface area contributed by atoms with E-state index in [9.17, 15) is 4.79 Å². The second-order valence-electron chi connectivity index (χ2n) is 4.91. The molecule has 1 N–H and O–H groups in total. The molecule has 0 aromatic rings. The van der Waals surface area contributed by atoms with Crippen molar-refractivity contribution in [2.75, 3.05) is 0 Å². The van der Waals surface area contributed by atoms with Crippen LogP contribution in [-0.4, -0.2) is 29.1 Å². The Balaban J connectivity index is 2.13. The van der Waals surface area contributed by atoms with E-state index in [0.29, 0.717) is 0 Å². The van der Waals surface area contributed by atoms with E-state index in [1.54, 1.807) is 0 Å². The van der Waals surface area contributed by atoms with Crippen LogP contribution in [0.25, 0.3) is 0 Å². The highest BCUT2D eigenvalue weighted by molar-refractivity contribution is 5.67. The number of carboxylic acid groups (broad SMARTS) is 1. The van der Waals surface area contributed by atoms with Crippen molar-refractivity contribution < 1.29 is 19.4 Å². The third-order valence-electron chi connectivity index (χ3n) is 3.25. The molecule has 90 valence electrons. The average molecular weight is 226 g/mol. The van der Waals surface area contributed by atoms with Gasteiger partial charge in [-0.25, -0.2) is 0 Å². The molecule has 0 aromatic carbocycles. The number of hydrogen-bond acceptors (Lipinski definition) is 3. The Morgan fingerprint density at radius 3 is 2.81 bits per heavy atom. The highest BCUT2D eigenvalue weighted by atomic mass is 16.8. The van der Waals surface area contributed by atoms with E-state index in [2.05, 4.69) is 0 Å². The lowest BCUT2D eigenvalue weighted by molar-refractivity contribution is -0.150. The summed E-state index contributed by atoms with van der Waals surface area (Å²) >= 11 is 0. The quantitative estimate of drug-likeness (QED) is 0.731. The molecule has 3 atom stereocenters. The van der Waals surface area contributed by atoms with Crippen LogP contribution in [0.2, 0.25) is 0 Å². The van der Waals surface area contributed by atoms with Crippen molar-refractivity contribution in [2.24, 2.45) is 5.92 Å². The van der Waals surface area contributed by atoms with Gasteiger partial charge in [-0.3, -0.25) is 4.79 Å². The summed E-state index contributed by atoms with van der Waals surface area (Å²) < 4.78 is 11.6. The predicted molar refractivity (Wildman–Crippen MR) is 57.9 cm³/mol. The van der Waals surface area contributed by atoms with Crippen molar-refractivity contribution in [1.82, 2.24) is 0 Å². The molecule has 0 unspecified atom stereocenters. The maximum absolute atomic E-state index is 10.8. The molecule has 0 bridgehead atoms. The number of rotatable bonds is 2. The van der Waals surface area contributed by atoms with Crippen LogP contribution in [0.3, 0.4) is 0 Å². The first kappa shape index (κ1) is 11.6. The molecule has 1 aliphatic carbocycles. The largest absolute Gasteiger partial charge is 0.481 e. The molecular weight excluding hydrogens is 208 g/mol. The molecule has 4 nitrogen and oxygen atoms in total. The number of ether oxygens (including phenoxy) is 2. The van der Waals surface area contributed by atoms with E-state index in [0.717, 1.165) is 12.0 Å². The van der Waals surface area contributed by atoms with E-state index in [-0.39, 0.29) is 24.5 Å². The molecule has 1 aliphatic heterocycles. The minimum absolute atomic E-state index is 0.0190. The van der Waals surface area contributed by atoms with E-state index in [1.165, 1.54) is 0 Å². The lowest BCUT2D eigenvalue weighted by atomic mass is 9.98. The van der Waals surface area contributed by atoms with Crippen molar-refractivity contribution in [3.8, 4) is 0 Å². The van der Waals surface area contributed by atoms with Crippen LogP contribution in [0.4, 0.5) is 0 Å². The zero-order chi connectivity index (χ0) is 11.9. The van der Waals surface area contributed by atoms with E-state index >= 15 is 0 Å². The third kappa shape index (κ3) is 1.99. The van der Waals surface area contributed by atoms with Gasteiger partial charge in [-0.1, -0.05) is 6.08 Å². The zero-order valence-electron chi connectivity index (χ0n) is 9.90. The minimum atomic E-state index is -0.761. The first-order valence-electron chi connectivity index (χ1n) is 5.66. The predicted octanol–water partition coefficient (Wildman–Crippen LogP) is 1.95.